The summed E-state index contributed by atoms with van der Waals surface area (Å²) in [5.41, 5.74) is 1.29. The second kappa shape index (κ2) is 8.88. The van der Waals surface area contributed by atoms with Crippen molar-refractivity contribution in [3.05, 3.63) is 59.7 Å². The molecule has 1 heterocycles. The Morgan fingerprint density at radius 2 is 1.96 bits per heavy atom. The van der Waals surface area contributed by atoms with Gasteiger partial charge in [0.25, 0.3) is 5.91 Å². The van der Waals surface area contributed by atoms with Crippen molar-refractivity contribution in [2.45, 2.75) is 35.6 Å². The van der Waals surface area contributed by atoms with E-state index in [0.717, 1.165) is 22.9 Å². The zero-order chi connectivity index (χ0) is 18.4. The average molecular weight is 367 g/mol. The Morgan fingerprint density at radius 1 is 1.23 bits per heavy atom. The van der Waals surface area contributed by atoms with Gasteiger partial charge in [-0.15, -0.1) is 0 Å². The molecule has 0 aliphatic carbocycles. The second-order valence-electron chi connectivity index (χ2n) is 6.52. The van der Waals surface area contributed by atoms with Crippen LogP contribution in [0.1, 0.15) is 35.7 Å². The van der Waals surface area contributed by atoms with Gasteiger partial charge in [0.1, 0.15) is 12.1 Å². The minimum absolute atomic E-state index is 0.0371. The highest BCUT2D eigenvalue weighted by atomic mass is 32.2. The number of likely N-dealkylation sites (tertiary alicyclic amines) is 1. The molecule has 1 amide bonds. The third-order valence-electron chi connectivity index (χ3n) is 4.95. The number of hydrogen-bond acceptors (Lipinski definition) is 3. The van der Waals surface area contributed by atoms with Gasteiger partial charge >= 0.3 is 0 Å². The van der Waals surface area contributed by atoms with Gasteiger partial charge in [0.2, 0.25) is 0 Å². The summed E-state index contributed by atoms with van der Waals surface area (Å²) in [6.45, 7) is 5.23. The van der Waals surface area contributed by atoms with Gasteiger partial charge in [-0.1, -0.05) is 36.0 Å². The number of carbonyl (C=O) groups is 1. The van der Waals surface area contributed by atoms with Crippen molar-refractivity contribution < 1.29 is 9.69 Å². The van der Waals surface area contributed by atoms with Crippen LogP contribution in [0.5, 0.6) is 0 Å². The van der Waals surface area contributed by atoms with Gasteiger partial charge in [-0.3, -0.25) is 4.79 Å². The van der Waals surface area contributed by atoms with E-state index in [-0.39, 0.29) is 5.91 Å². The van der Waals surface area contributed by atoms with Crippen molar-refractivity contribution in [3.63, 3.8) is 0 Å². The minimum atomic E-state index is -0.0371. The summed E-state index contributed by atoms with van der Waals surface area (Å²) < 4.78 is 0. The fourth-order valence-electron chi connectivity index (χ4n) is 3.52. The Balaban J connectivity index is 1.72. The molecule has 1 fully saturated rings. The first-order chi connectivity index (χ1) is 12.7. The molecule has 0 aromatic heterocycles. The van der Waals surface area contributed by atoms with E-state index in [1.165, 1.54) is 31.1 Å². The van der Waals surface area contributed by atoms with Crippen LogP contribution < -0.4 is 10.2 Å². The molecule has 0 bridgehead atoms. The molecule has 0 spiro atoms. The molecule has 26 heavy (non-hydrogen) atoms. The number of hydrogen-bond donors (Lipinski definition) is 2. The SMILES string of the molecule is CC[NH+]1CCC[C@H]1CNC(=O)c1ccccc1Sc1ccccc1C#N. The van der Waals surface area contributed by atoms with Gasteiger partial charge in [0.15, 0.2) is 0 Å². The molecular weight excluding hydrogens is 342 g/mol. The van der Waals surface area contributed by atoms with Crippen LogP contribution in [0.25, 0.3) is 0 Å². The number of nitriles is 1. The number of quaternary nitrogens is 1. The van der Waals surface area contributed by atoms with Gasteiger partial charge < -0.3 is 10.2 Å². The zero-order valence-electron chi connectivity index (χ0n) is 15.0. The van der Waals surface area contributed by atoms with Crippen LogP contribution in [-0.2, 0) is 0 Å². The van der Waals surface area contributed by atoms with Gasteiger partial charge in [-0.05, 0) is 31.2 Å². The van der Waals surface area contributed by atoms with E-state index in [9.17, 15) is 10.1 Å². The van der Waals surface area contributed by atoms with Crippen LogP contribution in [0, 0.1) is 11.3 Å². The van der Waals surface area contributed by atoms with E-state index in [1.807, 2.05) is 42.5 Å². The van der Waals surface area contributed by atoms with E-state index < -0.39 is 0 Å². The summed E-state index contributed by atoms with van der Waals surface area (Å²) >= 11 is 1.47. The summed E-state index contributed by atoms with van der Waals surface area (Å²) in [4.78, 5) is 16.1. The predicted octanol–water partition coefficient (Wildman–Crippen LogP) is 2.51. The smallest absolute Gasteiger partial charge is 0.252 e. The standard InChI is InChI=1S/C21H23N3OS/c1-2-24-13-7-9-17(24)15-23-21(25)18-10-4-6-12-20(18)26-19-11-5-3-8-16(19)14-22/h3-6,8,10-12,17H,2,7,9,13,15H2,1H3,(H,23,25)/p+1/t17-/m0/s1. The van der Waals surface area contributed by atoms with Crippen LogP contribution in [0.2, 0.25) is 0 Å². The molecular formula is C21H24N3OS+. The third-order valence-corrected chi connectivity index (χ3v) is 6.10. The van der Waals surface area contributed by atoms with E-state index in [4.69, 9.17) is 0 Å². The molecule has 3 rings (SSSR count). The maximum Gasteiger partial charge on any atom is 0.252 e. The van der Waals surface area contributed by atoms with Crippen LogP contribution in [-0.4, -0.2) is 31.6 Å². The first-order valence-electron chi connectivity index (χ1n) is 9.11. The Bertz CT molecular complexity index is 815. The Morgan fingerprint density at radius 3 is 2.73 bits per heavy atom. The topological polar surface area (TPSA) is 57.3 Å². The Kier molecular flexibility index (Phi) is 6.32. The molecule has 1 aliphatic rings. The molecule has 134 valence electrons. The summed E-state index contributed by atoms with van der Waals surface area (Å²) in [6, 6.07) is 17.8. The molecule has 4 nitrogen and oxygen atoms in total. The third kappa shape index (κ3) is 4.27. The van der Waals surface area contributed by atoms with Crippen molar-refractivity contribution in [1.82, 2.24) is 5.32 Å². The number of amides is 1. The molecule has 5 heteroatoms. The van der Waals surface area contributed by atoms with E-state index >= 15 is 0 Å². The maximum absolute atomic E-state index is 12.8. The number of carbonyl (C=O) groups excluding carboxylic acids is 1. The number of nitrogens with one attached hydrogen (secondary N) is 2. The second-order valence-corrected chi connectivity index (χ2v) is 7.60. The molecule has 2 aromatic rings. The van der Waals surface area contributed by atoms with E-state index in [1.54, 1.807) is 11.0 Å². The van der Waals surface area contributed by atoms with Gasteiger partial charge in [-0.2, -0.15) is 5.26 Å². The summed E-state index contributed by atoms with van der Waals surface area (Å²) in [5, 5.41) is 12.4. The zero-order valence-corrected chi connectivity index (χ0v) is 15.8. The quantitative estimate of drug-likeness (QED) is 0.826. The number of rotatable bonds is 6. The average Bonchev–Trinajstić information content (AvgIpc) is 3.14. The lowest BCUT2D eigenvalue weighted by Crippen LogP contribution is -3.14. The molecule has 2 atom stereocenters. The summed E-state index contributed by atoms with van der Waals surface area (Å²) in [7, 11) is 0. The van der Waals surface area contributed by atoms with Gasteiger partial charge in [0, 0.05) is 22.6 Å². The fourth-order valence-corrected chi connectivity index (χ4v) is 4.54. The first kappa shape index (κ1) is 18.5. The van der Waals surface area contributed by atoms with Crippen LogP contribution in [0.4, 0.5) is 0 Å². The molecule has 2 aromatic carbocycles. The lowest BCUT2D eigenvalue weighted by Gasteiger charge is -2.20. The highest BCUT2D eigenvalue weighted by molar-refractivity contribution is 7.99. The van der Waals surface area contributed by atoms with Crippen molar-refractivity contribution in [2.75, 3.05) is 19.6 Å². The van der Waals surface area contributed by atoms with Crippen LogP contribution in [0.15, 0.2) is 58.3 Å². The first-order valence-corrected chi connectivity index (χ1v) is 9.93. The van der Waals surface area contributed by atoms with Crippen molar-refractivity contribution in [1.29, 1.82) is 5.26 Å². The highest BCUT2D eigenvalue weighted by Gasteiger charge is 2.27. The number of likely N-dealkylation sites (N-methyl/N-ethyl adjacent to an activating group) is 1. The molecule has 0 radical (unpaired) electrons. The predicted molar refractivity (Wildman–Crippen MR) is 103 cm³/mol. The summed E-state index contributed by atoms with van der Waals surface area (Å²) in [5.74, 6) is -0.0371. The lowest BCUT2D eigenvalue weighted by molar-refractivity contribution is -0.909. The van der Waals surface area contributed by atoms with Gasteiger partial charge in [0.05, 0.1) is 30.8 Å². The van der Waals surface area contributed by atoms with Crippen molar-refractivity contribution in [3.8, 4) is 6.07 Å². The monoisotopic (exact) mass is 366 g/mol. The molecule has 1 aliphatic heterocycles. The fraction of sp³-hybridized carbons (Fsp3) is 0.333. The van der Waals surface area contributed by atoms with Crippen molar-refractivity contribution >= 4 is 17.7 Å². The number of nitrogens with zero attached hydrogens (tertiary/aromatic N) is 1. The molecule has 1 unspecified atom stereocenters. The van der Waals surface area contributed by atoms with Crippen LogP contribution >= 0.6 is 11.8 Å². The largest absolute Gasteiger partial charge is 0.346 e. The Labute approximate surface area is 159 Å². The minimum Gasteiger partial charge on any atom is -0.346 e. The maximum atomic E-state index is 12.8. The van der Waals surface area contributed by atoms with Gasteiger partial charge in [-0.25, -0.2) is 0 Å². The highest BCUT2D eigenvalue weighted by Crippen LogP contribution is 2.32. The van der Waals surface area contributed by atoms with E-state index in [2.05, 4.69) is 18.3 Å². The lowest BCUT2D eigenvalue weighted by atomic mass is 10.2. The summed E-state index contributed by atoms with van der Waals surface area (Å²) in [6.07, 6.45) is 2.41. The normalized spacial score (nSPS) is 19.1. The molecule has 0 saturated carbocycles. The van der Waals surface area contributed by atoms with Crippen LogP contribution in [0.3, 0.4) is 0 Å². The van der Waals surface area contributed by atoms with E-state index in [0.29, 0.717) is 17.2 Å². The number of benzene rings is 2. The van der Waals surface area contributed by atoms with Crippen molar-refractivity contribution in [2.24, 2.45) is 0 Å². The molecule has 2 N–H and O–H groups in total. The Hall–Kier alpha value is -2.29. The molecule has 1 saturated heterocycles.